The van der Waals surface area contributed by atoms with Gasteiger partial charge in [-0.1, -0.05) is 11.6 Å². The van der Waals surface area contributed by atoms with Crippen molar-refractivity contribution in [2.75, 3.05) is 43.1 Å². The van der Waals surface area contributed by atoms with E-state index in [1.165, 1.54) is 25.1 Å². The molecule has 200 valence electrons. The van der Waals surface area contributed by atoms with Crippen molar-refractivity contribution < 1.29 is 41.8 Å². The molecule has 4 amide bonds. The summed E-state index contributed by atoms with van der Waals surface area (Å²) in [7, 11) is 0. The molecule has 1 aromatic heterocycles. The fraction of sp³-hybridized carbons (Fsp3) is 0.364. The minimum Gasteiger partial charge on any atom is -0.450 e. The summed E-state index contributed by atoms with van der Waals surface area (Å²) >= 11 is 6.79. The van der Waals surface area contributed by atoms with E-state index in [0.29, 0.717) is 4.34 Å². The number of amides is 4. The summed E-state index contributed by atoms with van der Waals surface area (Å²) in [6.45, 7) is 1.01. The number of carbonyl (C=O) groups is 4. The van der Waals surface area contributed by atoms with E-state index < -0.39 is 53.8 Å². The molecule has 1 atom stereocenters. The van der Waals surface area contributed by atoms with Crippen LogP contribution in [0.2, 0.25) is 4.34 Å². The SMILES string of the molecule is CCOC(=O)N[C@H](CNC(=O)c1ccc(Cl)s1)C(=O)Nc1ccc(N2CCOCC2=O)cc1C(F)(F)F. The highest BCUT2D eigenvalue weighted by Crippen LogP contribution is 2.37. The zero-order chi connectivity index (χ0) is 27.2. The smallest absolute Gasteiger partial charge is 0.418 e. The number of ether oxygens (including phenoxy) is 2. The lowest BCUT2D eigenvalue weighted by Crippen LogP contribution is -2.50. The lowest BCUT2D eigenvalue weighted by molar-refractivity contribution is -0.137. The third-order valence-corrected chi connectivity index (χ3v) is 6.24. The first kappa shape index (κ1) is 28.2. The summed E-state index contributed by atoms with van der Waals surface area (Å²) in [5.74, 6) is -2.15. The highest BCUT2D eigenvalue weighted by Gasteiger charge is 2.36. The van der Waals surface area contributed by atoms with Crippen LogP contribution in [0.15, 0.2) is 30.3 Å². The first-order valence-electron chi connectivity index (χ1n) is 10.9. The van der Waals surface area contributed by atoms with Gasteiger partial charge in [0, 0.05) is 18.8 Å². The Balaban J connectivity index is 1.81. The van der Waals surface area contributed by atoms with Crippen LogP contribution in [-0.4, -0.2) is 62.8 Å². The number of morpholine rings is 1. The summed E-state index contributed by atoms with van der Waals surface area (Å²) in [6, 6.07) is 4.47. The Morgan fingerprint density at radius 2 is 2.00 bits per heavy atom. The number of hydrogen-bond donors (Lipinski definition) is 3. The van der Waals surface area contributed by atoms with Crippen molar-refractivity contribution >= 4 is 58.1 Å². The number of alkyl carbamates (subject to hydrolysis) is 1. The third-order valence-electron chi connectivity index (χ3n) is 5.01. The molecule has 0 saturated carbocycles. The van der Waals surface area contributed by atoms with Gasteiger partial charge in [0.15, 0.2) is 0 Å². The van der Waals surface area contributed by atoms with Gasteiger partial charge in [0.25, 0.3) is 11.8 Å². The summed E-state index contributed by atoms with van der Waals surface area (Å²) in [5, 5.41) is 6.80. The molecule has 10 nitrogen and oxygen atoms in total. The molecule has 0 bridgehead atoms. The Hall–Kier alpha value is -3.36. The van der Waals surface area contributed by atoms with Crippen molar-refractivity contribution in [2.24, 2.45) is 0 Å². The molecule has 2 heterocycles. The molecule has 3 N–H and O–H groups in total. The molecule has 0 spiro atoms. The molecular weight excluding hydrogens is 541 g/mol. The van der Waals surface area contributed by atoms with E-state index in [4.69, 9.17) is 21.1 Å². The van der Waals surface area contributed by atoms with E-state index >= 15 is 0 Å². The van der Waals surface area contributed by atoms with E-state index in [1.54, 1.807) is 0 Å². The van der Waals surface area contributed by atoms with Crippen molar-refractivity contribution in [1.29, 1.82) is 0 Å². The van der Waals surface area contributed by atoms with Gasteiger partial charge in [-0.05, 0) is 37.3 Å². The number of nitrogens with zero attached hydrogens (tertiary/aromatic N) is 1. The third kappa shape index (κ3) is 7.57. The average molecular weight is 563 g/mol. The van der Waals surface area contributed by atoms with Crippen LogP contribution in [0.3, 0.4) is 0 Å². The van der Waals surface area contributed by atoms with Gasteiger partial charge < -0.3 is 30.3 Å². The zero-order valence-electron chi connectivity index (χ0n) is 19.3. The maximum absolute atomic E-state index is 13.9. The van der Waals surface area contributed by atoms with Crippen molar-refractivity contribution in [1.82, 2.24) is 10.6 Å². The van der Waals surface area contributed by atoms with Crippen LogP contribution < -0.4 is 20.9 Å². The van der Waals surface area contributed by atoms with Crippen LogP contribution in [-0.2, 0) is 25.2 Å². The normalized spacial score (nSPS) is 14.6. The second-order valence-electron chi connectivity index (χ2n) is 7.55. The molecule has 1 aromatic carbocycles. The van der Waals surface area contributed by atoms with E-state index in [2.05, 4.69) is 16.0 Å². The predicted octanol–water partition coefficient (Wildman–Crippen LogP) is 3.27. The summed E-state index contributed by atoms with van der Waals surface area (Å²) in [6.07, 6.45) is -5.89. The van der Waals surface area contributed by atoms with Gasteiger partial charge in [0.2, 0.25) is 5.91 Å². The number of benzene rings is 1. The predicted molar refractivity (Wildman–Crippen MR) is 129 cm³/mol. The van der Waals surface area contributed by atoms with Crippen molar-refractivity contribution in [2.45, 2.75) is 19.1 Å². The first-order valence-corrected chi connectivity index (χ1v) is 12.1. The van der Waals surface area contributed by atoms with Crippen LogP contribution in [0.25, 0.3) is 0 Å². The van der Waals surface area contributed by atoms with Crippen LogP contribution in [0.4, 0.5) is 29.3 Å². The van der Waals surface area contributed by atoms with Gasteiger partial charge in [-0.15, -0.1) is 11.3 Å². The molecule has 1 aliphatic heterocycles. The Labute approximate surface area is 218 Å². The molecule has 3 rings (SSSR count). The van der Waals surface area contributed by atoms with Crippen LogP contribution >= 0.6 is 22.9 Å². The molecular formula is C22H22ClF3N4O6S. The number of thiophene rings is 1. The highest BCUT2D eigenvalue weighted by atomic mass is 35.5. The van der Waals surface area contributed by atoms with Crippen LogP contribution in [0, 0.1) is 0 Å². The second kappa shape index (κ2) is 12.3. The molecule has 1 saturated heterocycles. The molecule has 1 aliphatic rings. The monoisotopic (exact) mass is 562 g/mol. The van der Waals surface area contributed by atoms with Gasteiger partial charge >= 0.3 is 12.3 Å². The van der Waals surface area contributed by atoms with Crippen LogP contribution in [0.1, 0.15) is 22.2 Å². The number of rotatable bonds is 8. The molecule has 37 heavy (non-hydrogen) atoms. The van der Waals surface area contributed by atoms with Gasteiger partial charge in [-0.2, -0.15) is 13.2 Å². The molecule has 0 aliphatic carbocycles. The summed E-state index contributed by atoms with van der Waals surface area (Å²) in [4.78, 5) is 50.6. The lowest BCUT2D eigenvalue weighted by Gasteiger charge is -2.28. The number of anilines is 2. The Morgan fingerprint density at radius 1 is 1.24 bits per heavy atom. The maximum Gasteiger partial charge on any atom is 0.418 e. The van der Waals surface area contributed by atoms with Crippen molar-refractivity contribution in [3.63, 3.8) is 0 Å². The molecule has 0 radical (unpaired) electrons. The fourth-order valence-electron chi connectivity index (χ4n) is 3.30. The number of nitrogens with one attached hydrogen (secondary N) is 3. The average Bonchev–Trinajstić information content (AvgIpc) is 3.28. The van der Waals surface area contributed by atoms with Gasteiger partial charge in [0.1, 0.15) is 12.6 Å². The van der Waals surface area contributed by atoms with Crippen molar-refractivity contribution in [3.05, 3.63) is 45.1 Å². The quantitative estimate of drug-likeness (QED) is 0.453. The van der Waals surface area contributed by atoms with E-state index in [0.717, 1.165) is 28.4 Å². The topological polar surface area (TPSA) is 126 Å². The van der Waals surface area contributed by atoms with Gasteiger partial charge in [0.05, 0.1) is 33.7 Å². The number of alkyl halides is 3. The standard InChI is InChI=1S/C22H22ClF3N4O6S/c1-2-36-21(34)29-15(10-27-20(33)16-5-6-17(23)37-16)19(32)28-14-4-3-12(9-13(14)22(24,25)26)30-7-8-35-11-18(30)31/h3-6,9,15H,2,7-8,10-11H2,1H3,(H,27,33)(H,28,32)(H,29,34)/t15-/m1/s1. The Morgan fingerprint density at radius 3 is 2.62 bits per heavy atom. The number of halogens is 4. The lowest BCUT2D eigenvalue weighted by atomic mass is 10.1. The fourth-order valence-corrected chi connectivity index (χ4v) is 4.26. The van der Waals surface area contributed by atoms with E-state index in [-0.39, 0.29) is 36.9 Å². The number of carbonyl (C=O) groups excluding carboxylic acids is 4. The Bertz CT molecular complexity index is 1180. The molecule has 15 heteroatoms. The minimum atomic E-state index is -4.88. The van der Waals surface area contributed by atoms with Crippen LogP contribution in [0.5, 0.6) is 0 Å². The second-order valence-corrected chi connectivity index (χ2v) is 9.26. The first-order chi connectivity index (χ1) is 17.5. The minimum absolute atomic E-state index is 0.0123. The largest absolute Gasteiger partial charge is 0.450 e. The molecule has 1 fully saturated rings. The Kier molecular flexibility index (Phi) is 9.34. The van der Waals surface area contributed by atoms with E-state index in [1.807, 2.05) is 0 Å². The maximum atomic E-state index is 13.9. The molecule has 0 unspecified atom stereocenters. The van der Waals surface area contributed by atoms with E-state index in [9.17, 15) is 32.3 Å². The number of hydrogen-bond acceptors (Lipinski definition) is 7. The van der Waals surface area contributed by atoms with Gasteiger partial charge in [-0.25, -0.2) is 4.79 Å². The van der Waals surface area contributed by atoms with Crippen molar-refractivity contribution in [3.8, 4) is 0 Å². The highest BCUT2D eigenvalue weighted by molar-refractivity contribution is 7.18. The summed E-state index contributed by atoms with van der Waals surface area (Å²) < 4.78 is 51.7. The molecule has 2 aromatic rings. The zero-order valence-corrected chi connectivity index (χ0v) is 20.9. The summed E-state index contributed by atoms with van der Waals surface area (Å²) in [5.41, 5.74) is -1.82. The van der Waals surface area contributed by atoms with Gasteiger partial charge in [-0.3, -0.25) is 14.4 Å².